The highest BCUT2D eigenvalue weighted by atomic mass is 35.5. The number of thiol groups is 2. The second-order valence-corrected chi connectivity index (χ2v) is 25.1. The van der Waals surface area contributed by atoms with Gasteiger partial charge in [0.2, 0.25) is 47.3 Å². The normalized spacial score (nSPS) is 15.3. The maximum atomic E-state index is 15.0. The minimum absolute atomic E-state index is 0.0558. The third-order valence-corrected chi connectivity index (χ3v) is 17.2. The summed E-state index contributed by atoms with van der Waals surface area (Å²) in [5, 5.41) is 83.7. The highest BCUT2D eigenvalue weighted by Gasteiger charge is 2.37. The first-order valence-corrected chi connectivity index (χ1v) is 34.0. The number of aromatic hydroxyl groups is 2. The monoisotopic (exact) mass is 1490 g/mol. The lowest BCUT2D eigenvalue weighted by molar-refractivity contribution is -0.136. The molecule has 1 saturated heterocycles. The standard InChI is InChI=1S/C65H87ClN16O19S2/c1-36(83)52(60(93)76-51(35-103)58(91)72-46(53(68)86)30-39-9-17-43(84)18-10-39)78-54(87)45(4-2-3-21-67)71-55(88)47(31-38-7-15-42(16-8-38)70-61(69)94)73-56(89)48(32-40-11-19-44(85)20-12-40)74-59(92)50(34-102)75-57(90)49(33-37-5-13-41(66)14-6-37)77-62(95)79-22-24-80(63(96)97)26-28-82(65(100)101)29-27-81(25-23-79)64(98)99/h5-20,36,45-52,83-85,102-103H,2-4,21-35,67H2,1H3,(H2,68,86)(H,71,88)(H,72,91)(H,73,89)(H,74,92)(H,75,90)(H,76,93)(H,77,95)(H,78,87)(H,96,97)(H,98,99)(H,100,101)(H3,69,70,94)/t36-,45+,46-,47-,48+,49-,50-,51+,52+/m1/s1. The van der Waals surface area contributed by atoms with Gasteiger partial charge in [-0.3, -0.25) is 38.4 Å². The Kier molecular flexibility index (Phi) is 33.4. The van der Waals surface area contributed by atoms with Crippen molar-refractivity contribution >= 4 is 120 Å². The molecule has 0 saturated carbocycles. The maximum Gasteiger partial charge on any atom is 0.407 e. The number of anilines is 1. The molecule has 0 aromatic heterocycles. The van der Waals surface area contributed by atoms with E-state index in [1.807, 2.05) is 0 Å². The Labute approximate surface area is 607 Å². The number of phenolic OH excluding ortho intramolecular Hbond substituents is 2. The molecule has 9 atom stereocenters. The second kappa shape index (κ2) is 41.4. The van der Waals surface area contributed by atoms with Crippen molar-refractivity contribution in [1.82, 2.24) is 62.1 Å². The zero-order chi connectivity index (χ0) is 76.0. The van der Waals surface area contributed by atoms with Gasteiger partial charge < -0.3 is 115 Å². The quantitative estimate of drug-likeness (QED) is 0.0208. The number of benzene rings is 4. The van der Waals surface area contributed by atoms with E-state index in [0.717, 1.165) is 26.5 Å². The predicted octanol–water partition coefficient (Wildman–Crippen LogP) is -0.906. The van der Waals surface area contributed by atoms with E-state index in [4.69, 9.17) is 28.8 Å². The summed E-state index contributed by atoms with van der Waals surface area (Å²) in [6, 6.07) is 8.56. The first-order valence-electron chi connectivity index (χ1n) is 32.3. The van der Waals surface area contributed by atoms with Gasteiger partial charge in [0.15, 0.2) is 0 Å². The summed E-state index contributed by atoms with van der Waals surface area (Å²) in [6.45, 7) is -1.61. The number of unbranched alkanes of at least 4 members (excludes halogenated alkanes) is 1. The van der Waals surface area contributed by atoms with E-state index in [1.165, 1.54) is 84.9 Å². The van der Waals surface area contributed by atoms with E-state index in [2.05, 4.69) is 73.1 Å². The maximum absolute atomic E-state index is 15.0. The number of phenols is 2. The summed E-state index contributed by atoms with van der Waals surface area (Å²) < 4.78 is 0. The highest BCUT2D eigenvalue weighted by Crippen LogP contribution is 2.18. The molecule has 0 radical (unpaired) electrons. The number of carbonyl (C=O) groups is 13. The molecule has 1 aliphatic heterocycles. The number of hydrogen-bond donors (Lipinski definition) is 20. The van der Waals surface area contributed by atoms with Crippen LogP contribution in [0.2, 0.25) is 5.02 Å². The molecular weight excluding hydrogens is 1410 g/mol. The Morgan fingerprint density at radius 1 is 0.437 bits per heavy atom. The summed E-state index contributed by atoms with van der Waals surface area (Å²) in [5.74, 6) is -9.16. The van der Waals surface area contributed by atoms with Gasteiger partial charge in [-0.05, 0) is 104 Å². The lowest BCUT2D eigenvalue weighted by Gasteiger charge is -2.33. The number of aliphatic hydroxyl groups is 1. The molecule has 103 heavy (non-hydrogen) atoms. The number of aliphatic hydroxyl groups excluding tert-OH is 1. The summed E-state index contributed by atoms with van der Waals surface area (Å²) >= 11 is 14.7. The number of urea groups is 2. The number of primary amides is 2. The molecule has 0 spiro atoms. The number of carboxylic acid groups (broad SMARTS) is 3. The van der Waals surface area contributed by atoms with Crippen molar-refractivity contribution in [2.75, 3.05) is 75.7 Å². The van der Waals surface area contributed by atoms with Crippen LogP contribution >= 0.6 is 36.9 Å². The van der Waals surface area contributed by atoms with Crippen LogP contribution in [0.5, 0.6) is 11.5 Å². The number of halogens is 1. The van der Waals surface area contributed by atoms with E-state index in [9.17, 15) is 88.2 Å². The largest absolute Gasteiger partial charge is 0.508 e. The minimum Gasteiger partial charge on any atom is -0.508 e. The van der Waals surface area contributed by atoms with Gasteiger partial charge in [0.05, 0.1) is 6.10 Å². The summed E-state index contributed by atoms with van der Waals surface area (Å²) in [4.78, 5) is 180. The average molecular weight is 1500 g/mol. The lowest BCUT2D eigenvalue weighted by Crippen LogP contribution is -2.62. The molecule has 5 rings (SSSR count). The van der Waals surface area contributed by atoms with Crippen molar-refractivity contribution in [2.24, 2.45) is 17.2 Å². The lowest BCUT2D eigenvalue weighted by atomic mass is 10.0. The molecule has 4 aromatic carbocycles. The highest BCUT2D eigenvalue weighted by molar-refractivity contribution is 7.80. The summed E-state index contributed by atoms with van der Waals surface area (Å²) in [6.07, 6.45) is -6.73. The van der Waals surface area contributed by atoms with Gasteiger partial charge in [0.1, 0.15) is 59.8 Å². The van der Waals surface area contributed by atoms with Crippen LogP contribution in [0.15, 0.2) is 97.1 Å². The fraction of sp³-hybridized carbons (Fsp3) is 0.431. The van der Waals surface area contributed by atoms with Crippen molar-refractivity contribution in [3.63, 3.8) is 0 Å². The Morgan fingerprint density at radius 2 is 0.757 bits per heavy atom. The number of nitrogens with zero attached hydrogens (tertiary/aromatic N) is 4. The van der Waals surface area contributed by atoms with Crippen LogP contribution in [0, 0.1) is 0 Å². The number of hydrogen-bond acceptors (Lipinski definition) is 19. The van der Waals surface area contributed by atoms with Gasteiger partial charge in [0.25, 0.3) is 0 Å². The zero-order valence-corrected chi connectivity index (χ0v) is 58.5. The van der Waals surface area contributed by atoms with Crippen LogP contribution in [0.4, 0.5) is 29.7 Å². The smallest absolute Gasteiger partial charge is 0.407 e. The van der Waals surface area contributed by atoms with E-state index in [0.29, 0.717) is 33.7 Å². The van der Waals surface area contributed by atoms with Gasteiger partial charge in [-0.25, -0.2) is 24.0 Å². The molecule has 0 unspecified atom stereocenters. The van der Waals surface area contributed by atoms with Crippen molar-refractivity contribution in [3.8, 4) is 11.5 Å². The van der Waals surface area contributed by atoms with Crippen LogP contribution in [0.25, 0.3) is 0 Å². The fourth-order valence-electron chi connectivity index (χ4n) is 10.4. The molecule has 15 amide bonds. The number of rotatable bonds is 32. The van der Waals surface area contributed by atoms with Gasteiger partial charge in [-0.2, -0.15) is 25.3 Å². The topological polar surface area (TPSA) is 543 Å². The first kappa shape index (κ1) is 83.2. The van der Waals surface area contributed by atoms with Gasteiger partial charge >= 0.3 is 30.3 Å². The molecular formula is C65H87ClN16O19S2. The van der Waals surface area contributed by atoms with Gasteiger partial charge in [-0.1, -0.05) is 60.1 Å². The molecule has 4 aromatic rings. The van der Waals surface area contributed by atoms with Crippen LogP contribution in [0.3, 0.4) is 0 Å². The predicted molar refractivity (Wildman–Crippen MR) is 380 cm³/mol. The molecule has 38 heteroatoms. The van der Waals surface area contributed by atoms with E-state index < -0.39 is 138 Å². The first-order chi connectivity index (χ1) is 48.9. The third kappa shape index (κ3) is 27.8. The molecule has 21 N–H and O–H groups in total. The van der Waals surface area contributed by atoms with Crippen LogP contribution in [0.1, 0.15) is 48.4 Å². The SMILES string of the molecule is C[C@@H](O)[C@H](NC(=O)[C@H](CCCCN)NC(=O)[C@@H](Cc1ccc(NC(N)=O)cc1)NC(=O)[C@H](Cc1ccc(O)cc1)NC(=O)[C@@H](CS)NC(=O)[C@@H](Cc1ccc(Cl)cc1)NC(=O)N1CCN(C(=O)O)CCN(C(=O)O)CCN(C(=O)O)CC1)C(=O)N[C@@H](CS)C(=O)N[C@H](Cc1ccc(O)cc1)C(N)=O. The molecule has 1 fully saturated rings. The second-order valence-electron chi connectivity index (χ2n) is 23.9. The van der Waals surface area contributed by atoms with E-state index in [1.54, 1.807) is 12.1 Å². The number of nitrogens with two attached hydrogens (primary N) is 3. The Bertz CT molecular complexity index is 3560. The van der Waals surface area contributed by atoms with Gasteiger partial charge in [-0.15, -0.1) is 0 Å². The molecule has 1 heterocycles. The number of carbonyl (C=O) groups excluding carboxylic acids is 10. The van der Waals surface area contributed by atoms with Crippen molar-refractivity contribution in [2.45, 2.75) is 106 Å². The minimum atomic E-state index is -1.81. The Hall–Kier alpha value is -10.5. The Morgan fingerprint density at radius 3 is 1.13 bits per heavy atom. The van der Waals surface area contributed by atoms with Crippen LogP contribution < -0.4 is 65.1 Å². The molecule has 0 aliphatic carbocycles. The average Bonchev–Trinajstić information content (AvgIpc) is 0.991. The van der Waals surface area contributed by atoms with Gasteiger partial charge in [0, 0.05) is 100 Å². The molecule has 1 aliphatic rings. The molecule has 35 nitrogen and oxygen atoms in total. The summed E-state index contributed by atoms with van der Waals surface area (Å²) in [7, 11) is 0. The van der Waals surface area contributed by atoms with Crippen molar-refractivity contribution < 1.29 is 93.0 Å². The van der Waals surface area contributed by atoms with Crippen molar-refractivity contribution in [1.29, 1.82) is 0 Å². The summed E-state index contributed by atoms with van der Waals surface area (Å²) in [5.41, 5.74) is 18.6. The number of amides is 15. The van der Waals surface area contributed by atoms with E-state index in [-0.39, 0.29) is 120 Å². The molecule has 560 valence electrons. The Balaban J connectivity index is 1.44. The third-order valence-electron chi connectivity index (χ3n) is 16.2. The van der Waals surface area contributed by atoms with Crippen molar-refractivity contribution in [3.05, 3.63) is 124 Å². The molecule has 0 bridgehead atoms. The fourth-order valence-corrected chi connectivity index (χ4v) is 11.0. The van der Waals surface area contributed by atoms with Crippen LogP contribution in [-0.2, 0) is 64.0 Å². The zero-order valence-electron chi connectivity index (χ0n) is 55.9. The number of nitrogens with one attached hydrogen (secondary N) is 9. The van der Waals surface area contributed by atoms with E-state index >= 15 is 4.79 Å². The van der Waals surface area contributed by atoms with Crippen LogP contribution in [-0.4, -0.2) is 253 Å².